The molecule has 1 nitrogen and oxygen atoms in total. The fourth-order valence-corrected chi connectivity index (χ4v) is 1.73. The summed E-state index contributed by atoms with van der Waals surface area (Å²) >= 11 is 0. The van der Waals surface area contributed by atoms with Gasteiger partial charge in [0.15, 0.2) is 0 Å². The van der Waals surface area contributed by atoms with E-state index in [2.05, 4.69) is 50.2 Å². The zero-order chi connectivity index (χ0) is 9.42. The molecule has 1 N–H and O–H groups in total. The molecule has 2 aromatic rings. The van der Waals surface area contributed by atoms with Gasteiger partial charge in [0.05, 0.1) is 0 Å². The molecule has 0 aliphatic heterocycles. The minimum absolute atomic E-state index is 0.593. The van der Waals surface area contributed by atoms with E-state index in [0.717, 1.165) is 0 Å². The molecule has 0 aliphatic carbocycles. The van der Waals surface area contributed by atoms with E-state index in [1.165, 1.54) is 22.0 Å². The van der Waals surface area contributed by atoms with Crippen LogP contribution in [-0.4, -0.2) is 4.98 Å². The Labute approximate surface area is 78.8 Å². The Morgan fingerprint density at radius 2 is 2.00 bits per heavy atom. The maximum Gasteiger partial charge on any atom is 0.0457 e. The number of aryl methyl sites for hydroxylation is 1. The molecule has 0 saturated carbocycles. The lowest BCUT2D eigenvalue weighted by molar-refractivity contribution is 0.875. The number of rotatable bonds is 1. The van der Waals surface area contributed by atoms with Gasteiger partial charge in [0.2, 0.25) is 0 Å². The molecular weight excluding hydrogens is 158 g/mol. The van der Waals surface area contributed by atoms with Crippen molar-refractivity contribution >= 4 is 10.9 Å². The van der Waals surface area contributed by atoms with Crippen molar-refractivity contribution in [3.05, 3.63) is 35.5 Å². The van der Waals surface area contributed by atoms with E-state index in [0.29, 0.717) is 5.92 Å². The first-order valence-electron chi connectivity index (χ1n) is 4.76. The number of aromatic nitrogens is 1. The Balaban J connectivity index is 2.71. The molecule has 0 unspecified atom stereocenters. The number of hydrogen-bond acceptors (Lipinski definition) is 0. The van der Waals surface area contributed by atoms with Crippen molar-refractivity contribution in [2.45, 2.75) is 26.7 Å². The summed E-state index contributed by atoms with van der Waals surface area (Å²) in [6, 6.07) is 6.54. The van der Waals surface area contributed by atoms with E-state index in [-0.39, 0.29) is 0 Å². The fraction of sp³-hybridized carbons (Fsp3) is 0.333. The van der Waals surface area contributed by atoms with Crippen molar-refractivity contribution in [3.63, 3.8) is 0 Å². The van der Waals surface area contributed by atoms with E-state index in [1.807, 2.05) is 0 Å². The third kappa shape index (κ3) is 1.35. The lowest BCUT2D eigenvalue weighted by Crippen LogP contribution is -1.83. The van der Waals surface area contributed by atoms with Crippen LogP contribution in [0.2, 0.25) is 0 Å². The Morgan fingerprint density at radius 3 is 2.69 bits per heavy atom. The molecule has 68 valence electrons. The van der Waals surface area contributed by atoms with Crippen LogP contribution in [0.25, 0.3) is 10.9 Å². The molecule has 0 aliphatic rings. The first-order valence-corrected chi connectivity index (χ1v) is 4.76. The second-order valence-corrected chi connectivity index (χ2v) is 3.95. The minimum Gasteiger partial charge on any atom is -0.361 e. The summed E-state index contributed by atoms with van der Waals surface area (Å²) < 4.78 is 0. The van der Waals surface area contributed by atoms with Crippen molar-refractivity contribution in [1.29, 1.82) is 0 Å². The van der Waals surface area contributed by atoms with Crippen LogP contribution in [0.4, 0.5) is 0 Å². The smallest absolute Gasteiger partial charge is 0.0457 e. The molecule has 0 amide bonds. The van der Waals surface area contributed by atoms with Crippen LogP contribution in [0.1, 0.15) is 30.9 Å². The zero-order valence-electron chi connectivity index (χ0n) is 8.39. The average Bonchev–Trinajstić information content (AvgIpc) is 2.46. The first-order chi connectivity index (χ1) is 6.18. The summed E-state index contributed by atoms with van der Waals surface area (Å²) in [6.45, 7) is 6.59. The lowest BCUT2D eigenvalue weighted by atomic mass is 10.0. The topological polar surface area (TPSA) is 15.8 Å². The standard InChI is InChI=1S/C12H15N/c1-8(2)11-7-13-12-5-4-9(3)6-10(11)12/h4-8,13H,1-3H3. The van der Waals surface area contributed by atoms with Crippen LogP contribution >= 0.6 is 0 Å². The average molecular weight is 173 g/mol. The van der Waals surface area contributed by atoms with E-state index in [9.17, 15) is 0 Å². The van der Waals surface area contributed by atoms with Crippen LogP contribution in [0, 0.1) is 6.92 Å². The van der Waals surface area contributed by atoms with Gasteiger partial charge >= 0.3 is 0 Å². The van der Waals surface area contributed by atoms with Crippen molar-refractivity contribution in [3.8, 4) is 0 Å². The first kappa shape index (κ1) is 8.36. The third-order valence-electron chi connectivity index (χ3n) is 2.49. The highest BCUT2D eigenvalue weighted by molar-refractivity contribution is 5.84. The Bertz CT molecular complexity index is 424. The quantitative estimate of drug-likeness (QED) is 0.678. The van der Waals surface area contributed by atoms with Gasteiger partial charge in [-0.25, -0.2) is 0 Å². The highest BCUT2D eigenvalue weighted by Gasteiger charge is 2.06. The van der Waals surface area contributed by atoms with Crippen LogP contribution in [-0.2, 0) is 0 Å². The molecule has 1 heteroatoms. The number of benzene rings is 1. The maximum atomic E-state index is 3.30. The molecule has 0 atom stereocenters. The molecule has 0 spiro atoms. The molecule has 1 aromatic heterocycles. The van der Waals surface area contributed by atoms with Gasteiger partial charge in [-0.15, -0.1) is 0 Å². The summed E-state index contributed by atoms with van der Waals surface area (Å²) in [4.78, 5) is 3.30. The van der Waals surface area contributed by atoms with Crippen LogP contribution in [0.15, 0.2) is 24.4 Å². The van der Waals surface area contributed by atoms with Crippen LogP contribution < -0.4 is 0 Å². The molecular formula is C12H15N. The lowest BCUT2D eigenvalue weighted by Gasteiger charge is -2.02. The Kier molecular flexibility index (Phi) is 1.87. The van der Waals surface area contributed by atoms with Crippen molar-refractivity contribution in [1.82, 2.24) is 4.98 Å². The largest absolute Gasteiger partial charge is 0.361 e. The van der Waals surface area contributed by atoms with Gasteiger partial charge in [-0.2, -0.15) is 0 Å². The van der Waals surface area contributed by atoms with Gasteiger partial charge in [0.1, 0.15) is 0 Å². The molecule has 2 rings (SSSR count). The number of aromatic amines is 1. The van der Waals surface area contributed by atoms with Crippen LogP contribution in [0.5, 0.6) is 0 Å². The van der Waals surface area contributed by atoms with Gasteiger partial charge in [0.25, 0.3) is 0 Å². The summed E-state index contributed by atoms with van der Waals surface area (Å²) in [7, 11) is 0. The fourth-order valence-electron chi connectivity index (χ4n) is 1.73. The summed E-state index contributed by atoms with van der Waals surface area (Å²) in [5.74, 6) is 0.593. The van der Waals surface area contributed by atoms with Crippen LogP contribution in [0.3, 0.4) is 0 Å². The molecule has 0 saturated heterocycles. The van der Waals surface area contributed by atoms with Gasteiger partial charge in [-0.05, 0) is 30.5 Å². The van der Waals surface area contributed by atoms with Gasteiger partial charge in [-0.1, -0.05) is 25.5 Å². The van der Waals surface area contributed by atoms with Gasteiger partial charge in [0, 0.05) is 17.1 Å². The Hall–Kier alpha value is -1.24. The van der Waals surface area contributed by atoms with Crippen molar-refractivity contribution < 1.29 is 0 Å². The molecule has 1 aromatic carbocycles. The minimum atomic E-state index is 0.593. The number of H-pyrrole nitrogens is 1. The van der Waals surface area contributed by atoms with E-state index in [4.69, 9.17) is 0 Å². The summed E-state index contributed by atoms with van der Waals surface area (Å²) in [6.07, 6.45) is 2.12. The molecule has 13 heavy (non-hydrogen) atoms. The summed E-state index contributed by atoms with van der Waals surface area (Å²) in [5.41, 5.74) is 3.99. The monoisotopic (exact) mass is 173 g/mol. The second kappa shape index (κ2) is 2.91. The predicted molar refractivity (Wildman–Crippen MR) is 57.1 cm³/mol. The van der Waals surface area contributed by atoms with E-state index in [1.54, 1.807) is 0 Å². The highest BCUT2D eigenvalue weighted by Crippen LogP contribution is 2.25. The van der Waals surface area contributed by atoms with Gasteiger partial charge < -0.3 is 4.98 Å². The number of hydrogen-bond donors (Lipinski definition) is 1. The highest BCUT2D eigenvalue weighted by atomic mass is 14.7. The normalized spacial score (nSPS) is 11.4. The number of fused-ring (bicyclic) bond motifs is 1. The summed E-state index contributed by atoms with van der Waals surface area (Å²) in [5, 5.41) is 1.37. The van der Waals surface area contributed by atoms with Crippen molar-refractivity contribution in [2.24, 2.45) is 0 Å². The third-order valence-corrected chi connectivity index (χ3v) is 2.49. The van der Waals surface area contributed by atoms with E-state index < -0.39 is 0 Å². The molecule has 1 heterocycles. The van der Waals surface area contributed by atoms with Gasteiger partial charge in [-0.3, -0.25) is 0 Å². The Morgan fingerprint density at radius 1 is 1.23 bits per heavy atom. The zero-order valence-corrected chi connectivity index (χ0v) is 8.39. The molecule has 0 bridgehead atoms. The van der Waals surface area contributed by atoms with Crippen molar-refractivity contribution in [2.75, 3.05) is 0 Å². The second-order valence-electron chi connectivity index (χ2n) is 3.95. The molecule has 0 fully saturated rings. The van der Waals surface area contributed by atoms with E-state index >= 15 is 0 Å². The maximum absolute atomic E-state index is 3.30. The SMILES string of the molecule is Cc1ccc2[nH]cc(C(C)C)c2c1. The predicted octanol–water partition coefficient (Wildman–Crippen LogP) is 3.60. The molecule has 0 radical (unpaired) electrons. The number of nitrogens with one attached hydrogen (secondary N) is 1.